The number of esters is 1. The van der Waals surface area contributed by atoms with Gasteiger partial charge in [-0.05, 0) is 32.0 Å². The van der Waals surface area contributed by atoms with Crippen molar-refractivity contribution in [2.75, 3.05) is 27.7 Å². The summed E-state index contributed by atoms with van der Waals surface area (Å²) in [6, 6.07) is 4.23. The van der Waals surface area contributed by atoms with Gasteiger partial charge in [-0.1, -0.05) is 13.0 Å². The molecule has 1 heterocycles. The molecule has 0 amide bonds. The van der Waals surface area contributed by atoms with Gasteiger partial charge in [-0.3, -0.25) is 4.79 Å². The highest BCUT2D eigenvalue weighted by Gasteiger charge is 2.20. The van der Waals surface area contributed by atoms with Crippen LogP contribution in [-0.4, -0.2) is 44.7 Å². The normalized spacial score (nSPS) is 14.5. The minimum absolute atomic E-state index is 0.193. The lowest BCUT2D eigenvalue weighted by atomic mass is 10.2. The molecule has 1 rings (SSSR count). The summed E-state index contributed by atoms with van der Waals surface area (Å²) in [5.41, 5.74) is 0. The van der Waals surface area contributed by atoms with E-state index in [1.807, 2.05) is 27.1 Å². The molecular formula is C13H22N2O2S. The van der Waals surface area contributed by atoms with Crippen LogP contribution in [0.5, 0.6) is 0 Å². The van der Waals surface area contributed by atoms with Crippen LogP contribution in [0.1, 0.15) is 24.3 Å². The van der Waals surface area contributed by atoms with E-state index in [0.29, 0.717) is 0 Å². The van der Waals surface area contributed by atoms with E-state index >= 15 is 0 Å². The van der Waals surface area contributed by atoms with Crippen molar-refractivity contribution in [2.24, 2.45) is 0 Å². The van der Waals surface area contributed by atoms with Crippen LogP contribution in [0.25, 0.3) is 0 Å². The Morgan fingerprint density at radius 3 is 2.72 bits per heavy atom. The van der Waals surface area contributed by atoms with E-state index in [0.717, 1.165) is 13.0 Å². The Kier molecular flexibility index (Phi) is 6.32. The van der Waals surface area contributed by atoms with Crippen molar-refractivity contribution in [3.05, 3.63) is 22.4 Å². The first-order valence-corrected chi connectivity index (χ1v) is 6.99. The number of thiophene rings is 1. The third-order valence-corrected chi connectivity index (χ3v) is 3.92. The second-order valence-corrected chi connectivity index (χ2v) is 5.37. The van der Waals surface area contributed by atoms with Gasteiger partial charge in [0.05, 0.1) is 13.2 Å². The summed E-state index contributed by atoms with van der Waals surface area (Å²) in [5, 5.41) is 5.35. The number of likely N-dealkylation sites (N-methyl/N-ethyl adjacent to an activating group) is 1. The van der Waals surface area contributed by atoms with E-state index in [9.17, 15) is 4.79 Å². The van der Waals surface area contributed by atoms with Gasteiger partial charge in [0.1, 0.15) is 6.04 Å². The molecule has 1 N–H and O–H groups in total. The van der Waals surface area contributed by atoms with Crippen LogP contribution >= 0.6 is 11.3 Å². The fraction of sp³-hybridized carbons (Fsp3) is 0.615. The first kappa shape index (κ1) is 15.1. The number of rotatable bonds is 7. The molecule has 4 nitrogen and oxygen atoms in total. The smallest absolute Gasteiger partial charge is 0.322 e. The third kappa shape index (κ3) is 4.08. The lowest BCUT2D eigenvalue weighted by Gasteiger charge is -2.25. The van der Waals surface area contributed by atoms with Gasteiger partial charge in [0.2, 0.25) is 0 Å². The molecule has 0 fully saturated rings. The van der Waals surface area contributed by atoms with Crippen LogP contribution in [0.15, 0.2) is 17.5 Å². The van der Waals surface area contributed by atoms with Crippen molar-refractivity contribution in [3.8, 4) is 0 Å². The predicted octanol–water partition coefficient (Wildman–Crippen LogP) is 1.89. The molecular weight excluding hydrogens is 248 g/mol. The maximum Gasteiger partial charge on any atom is 0.322 e. The summed E-state index contributed by atoms with van der Waals surface area (Å²) in [5.74, 6) is -0.193. The molecule has 5 heteroatoms. The van der Waals surface area contributed by atoms with E-state index in [-0.39, 0.29) is 18.1 Å². The average molecular weight is 270 g/mol. The van der Waals surface area contributed by atoms with Gasteiger partial charge >= 0.3 is 5.97 Å². The third-order valence-electron chi connectivity index (χ3n) is 2.95. The first-order valence-electron chi connectivity index (χ1n) is 6.11. The molecule has 0 aliphatic rings. The summed E-state index contributed by atoms with van der Waals surface area (Å²) >= 11 is 1.73. The van der Waals surface area contributed by atoms with Crippen molar-refractivity contribution in [2.45, 2.75) is 25.4 Å². The molecule has 1 aromatic heterocycles. The standard InChI is InChI=1S/C13H22N2O2S/c1-5-10(13(16)17-4)14-9-11(15(2)3)12-7-6-8-18-12/h6-8,10-11,14H,5,9H2,1-4H3. The number of hydrogen-bond acceptors (Lipinski definition) is 5. The summed E-state index contributed by atoms with van der Waals surface area (Å²) in [6.45, 7) is 2.71. The Labute approximate surface area is 113 Å². The van der Waals surface area contributed by atoms with E-state index < -0.39 is 0 Å². The van der Waals surface area contributed by atoms with Crippen molar-refractivity contribution in [1.82, 2.24) is 10.2 Å². The Hall–Kier alpha value is -0.910. The van der Waals surface area contributed by atoms with Gasteiger partial charge in [0, 0.05) is 11.4 Å². The van der Waals surface area contributed by atoms with Crippen molar-refractivity contribution < 1.29 is 9.53 Å². The molecule has 18 heavy (non-hydrogen) atoms. The molecule has 2 atom stereocenters. The minimum atomic E-state index is -0.225. The van der Waals surface area contributed by atoms with Gasteiger partial charge in [0.15, 0.2) is 0 Å². The molecule has 102 valence electrons. The number of ether oxygens (including phenoxy) is 1. The maximum atomic E-state index is 11.5. The summed E-state index contributed by atoms with van der Waals surface area (Å²) in [7, 11) is 5.52. The number of hydrogen-bond donors (Lipinski definition) is 1. The molecule has 0 saturated carbocycles. The van der Waals surface area contributed by atoms with Gasteiger partial charge in [0.25, 0.3) is 0 Å². The Morgan fingerprint density at radius 1 is 1.56 bits per heavy atom. The lowest BCUT2D eigenvalue weighted by molar-refractivity contribution is -0.143. The van der Waals surface area contributed by atoms with Gasteiger partial charge in [-0.15, -0.1) is 11.3 Å². The summed E-state index contributed by atoms with van der Waals surface area (Å²) in [6.07, 6.45) is 0.733. The zero-order valence-corrected chi connectivity index (χ0v) is 12.3. The number of nitrogens with one attached hydrogen (secondary N) is 1. The molecule has 0 spiro atoms. The highest BCUT2D eigenvalue weighted by molar-refractivity contribution is 7.10. The number of methoxy groups -OCH3 is 1. The van der Waals surface area contributed by atoms with Crippen LogP contribution in [0.2, 0.25) is 0 Å². The van der Waals surface area contributed by atoms with E-state index in [4.69, 9.17) is 4.74 Å². The fourth-order valence-electron chi connectivity index (χ4n) is 1.81. The Balaban J connectivity index is 2.60. The van der Waals surface area contributed by atoms with E-state index in [2.05, 4.69) is 21.7 Å². The Bertz CT molecular complexity index is 352. The largest absolute Gasteiger partial charge is 0.468 e. The molecule has 2 unspecified atom stereocenters. The molecule has 0 aliphatic heterocycles. The predicted molar refractivity (Wildman–Crippen MR) is 74.8 cm³/mol. The van der Waals surface area contributed by atoms with Crippen LogP contribution < -0.4 is 5.32 Å². The summed E-state index contributed by atoms with van der Waals surface area (Å²) in [4.78, 5) is 15.0. The van der Waals surface area contributed by atoms with E-state index in [1.165, 1.54) is 12.0 Å². The zero-order valence-electron chi connectivity index (χ0n) is 11.5. The first-order chi connectivity index (χ1) is 8.60. The van der Waals surface area contributed by atoms with Gasteiger partial charge < -0.3 is 15.0 Å². The van der Waals surface area contributed by atoms with Crippen LogP contribution in [0.4, 0.5) is 0 Å². The van der Waals surface area contributed by atoms with Crippen LogP contribution in [0, 0.1) is 0 Å². The van der Waals surface area contributed by atoms with Crippen LogP contribution in [-0.2, 0) is 9.53 Å². The number of carbonyl (C=O) groups excluding carboxylic acids is 1. The monoisotopic (exact) mass is 270 g/mol. The highest BCUT2D eigenvalue weighted by atomic mass is 32.1. The van der Waals surface area contributed by atoms with E-state index in [1.54, 1.807) is 11.3 Å². The van der Waals surface area contributed by atoms with Crippen LogP contribution in [0.3, 0.4) is 0 Å². The maximum absolute atomic E-state index is 11.5. The number of nitrogens with zero attached hydrogens (tertiary/aromatic N) is 1. The fourth-order valence-corrected chi connectivity index (χ4v) is 2.73. The second kappa shape index (κ2) is 7.51. The van der Waals surface area contributed by atoms with Crippen molar-refractivity contribution >= 4 is 17.3 Å². The van der Waals surface area contributed by atoms with Crippen molar-refractivity contribution in [3.63, 3.8) is 0 Å². The average Bonchev–Trinajstić information content (AvgIpc) is 2.87. The zero-order chi connectivity index (χ0) is 13.5. The highest BCUT2D eigenvalue weighted by Crippen LogP contribution is 2.22. The minimum Gasteiger partial charge on any atom is -0.468 e. The second-order valence-electron chi connectivity index (χ2n) is 4.39. The molecule has 0 bridgehead atoms. The quantitative estimate of drug-likeness (QED) is 0.768. The van der Waals surface area contributed by atoms with Gasteiger partial charge in [-0.2, -0.15) is 0 Å². The lowest BCUT2D eigenvalue weighted by Crippen LogP contribution is -2.41. The summed E-state index contributed by atoms with van der Waals surface area (Å²) < 4.78 is 4.77. The van der Waals surface area contributed by atoms with Gasteiger partial charge in [-0.25, -0.2) is 0 Å². The Morgan fingerprint density at radius 2 is 2.28 bits per heavy atom. The molecule has 0 aromatic carbocycles. The molecule has 0 aliphatic carbocycles. The molecule has 0 saturated heterocycles. The molecule has 1 aromatic rings. The van der Waals surface area contributed by atoms with Crippen molar-refractivity contribution in [1.29, 1.82) is 0 Å². The molecule has 0 radical (unpaired) electrons. The SMILES string of the molecule is CCC(NCC(c1cccs1)N(C)C)C(=O)OC. The number of carbonyl (C=O) groups is 1. The topological polar surface area (TPSA) is 41.6 Å².